The maximum absolute atomic E-state index is 13.0. The van der Waals surface area contributed by atoms with Crippen molar-refractivity contribution in [1.29, 1.82) is 0 Å². The number of aryl methyl sites for hydroxylation is 1. The fourth-order valence-corrected chi connectivity index (χ4v) is 2.94. The first-order chi connectivity index (χ1) is 12.6. The summed E-state index contributed by atoms with van der Waals surface area (Å²) in [5.41, 5.74) is 2.61. The molecule has 6 nitrogen and oxygen atoms in total. The Hall–Kier alpha value is -2.86. The molecule has 0 aliphatic rings. The van der Waals surface area contributed by atoms with Gasteiger partial charge in [-0.15, -0.1) is 0 Å². The second-order valence-electron chi connectivity index (χ2n) is 6.02. The molecule has 3 aromatic rings. The summed E-state index contributed by atoms with van der Waals surface area (Å²) in [5, 5.41) is 0.504. The largest absolute Gasteiger partial charge is 0.493 e. The van der Waals surface area contributed by atoms with Crippen LogP contribution in [0.3, 0.4) is 0 Å². The molecule has 0 atom stereocenters. The average molecular weight is 354 g/mol. The third-order valence-electron chi connectivity index (χ3n) is 4.32. The van der Waals surface area contributed by atoms with Gasteiger partial charge in [0.25, 0.3) is 5.56 Å². The van der Waals surface area contributed by atoms with Gasteiger partial charge in [-0.25, -0.2) is 4.98 Å². The Labute approximate surface area is 152 Å². The summed E-state index contributed by atoms with van der Waals surface area (Å²) >= 11 is 0. The van der Waals surface area contributed by atoms with E-state index >= 15 is 0 Å². The Morgan fingerprint density at radius 3 is 2.19 bits per heavy atom. The smallest absolute Gasteiger partial charge is 0.261 e. The molecule has 0 saturated carbocycles. The van der Waals surface area contributed by atoms with Crippen LogP contribution in [-0.4, -0.2) is 30.9 Å². The van der Waals surface area contributed by atoms with Crippen LogP contribution in [0, 0.1) is 6.92 Å². The minimum Gasteiger partial charge on any atom is -0.493 e. The third-order valence-corrected chi connectivity index (χ3v) is 4.32. The van der Waals surface area contributed by atoms with Crippen molar-refractivity contribution < 1.29 is 14.2 Å². The summed E-state index contributed by atoms with van der Waals surface area (Å²) in [5.74, 6) is 1.71. The van der Waals surface area contributed by atoms with Gasteiger partial charge in [0.15, 0.2) is 11.5 Å². The van der Waals surface area contributed by atoms with E-state index < -0.39 is 0 Å². The molecule has 26 heavy (non-hydrogen) atoms. The Kier molecular flexibility index (Phi) is 5.23. The first kappa shape index (κ1) is 17.9. The first-order valence-corrected chi connectivity index (χ1v) is 8.27. The zero-order valence-corrected chi connectivity index (χ0v) is 15.4. The zero-order chi connectivity index (χ0) is 18.7. The lowest BCUT2D eigenvalue weighted by atomic mass is 10.1. The van der Waals surface area contributed by atoms with Crippen molar-refractivity contribution in [2.45, 2.75) is 20.1 Å². The summed E-state index contributed by atoms with van der Waals surface area (Å²) in [6, 6.07) is 11.4. The molecule has 0 spiro atoms. The maximum atomic E-state index is 13.0. The fourth-order valence-electron chi connectivity index (χ4n) is 2.94. The van der Waals surface area contributed by atoms with Gasteiger partial charge in [-0.3, -0.25) is 9.36 Å². The number of methoxy groups -OCH3 is 3. The molecule has 1 aromatic heterocycles. The minimum absolute atomic E-state index is 0.102. The Morgan fingerprint density at radius 2 is 1.58 bits per heavy atom. The van der Waals surface area contributed by atoms with Gasteiger partial charge in [0.2, 0.25) is 0 Å². The molecule has 2 aromatic carbocycles. The predicted molar refractivity (Wildman–Crippen MR) is 100 cm³/mol. The van der Waals surface area contributed by atoms with E-state index in [-0.39, 0.29) is 5.56 Å². The van der Waals surface area contributed by atoms with Gasteiger partial charge in [0, 0.05) is 13.2 Å². The van der Waals surface area contributed by atoms with Crippen LogP contribution in [0.5, 0.6) is 11.5 Å². The molecule has 0 fully saturated rings. The van der Waals surface area contributed by atoms with Crippen molar-refractivity contribution in [2.24, 2.45) is 0 Å². The average Bonchev–Trinajstić information content (AvgIpc) is 2.65. The second kappa shape index (κ2) is 7.58. The van der Waals surface area contributed by atoms with Crippen LogP contribution in [0.4, 0.5) is 0 Å². The second-order valence-corrected chi connectivity index (χ2v) is 6.02. The number of rotatable bonds is 6. The molecule has 136 valence electrons. The SMILES string of the molecule is COCc1ccc(Cn2c(C)nc3cc(OC)c(OC)cc3c2=O)cc1. The summed E-state index contributed by atoms with van der Waals surface area (Å²) < 4.78 is 17.4. The molecule has 1 heterocycles. The van der Waals surface area contributed by atoms with Gasteiger partial charge >= 0.3 is 0 Å². The lowest BCUT2D eigenvalue weighted by molar-refractivity contribution is 0.185. The van der Waals surface area contributed by atoms with Crippen LogP contribution in [0.1, 0.15) is 17.0 Å². The van der Waals surface area contributed by atoms with E-state index in [1.807, 2.05) is 31.2 Å². The Balaban J connectivity index is 2.04. The molecule has 0 aliphatic carbocycles. The van der Waals surface area contributed by atoms with E-state index in [2.05, 4.69) is 4.98 Å². The lowest BCUT2D eigenvalue weighted by Gasteiger charge is -2.13. The lowest BCUT2D eigenvalue weighted by Crippen LogP contribution is -2.24. The zero-order valence-electron chi connectivity index (χ0n) is 15.4. The fraction of sp³-hybridized carbons (Fsp3) is 0.300. The van der Waals surface area contributed by atoms with Gasteiger partial charge in [0.1, 0.15) is 5.82 Å². The molecule has 0 bridgehead atoms. The molecule has 3 rings (SSSR count). The van der Waals surface area contributed by atoms with E-state index in [9.17, 15) is 4.79 Å². The normalized spacial score (nSPS) is 10.9. The van der Waals surface area contributed by atoms with Crippen LogP contribution in [0.15, 0.2) is 41.2 Å². The van der Waals surface area contributed by atoms with E-state index in [0.29, 0.717) is 41.4 Å². The molecule has 0 amide bonds. The molecule has 6 heteroatoms. The van der Waals surface area contributed by atoms with Crippen molar-refractivity contribution in [3.63, 3.8) is 0 Å². The van der Waals surface area contributed by atoms with Gasteiger partial charge in [-0.1, -0.05) is 24.3 Å². The molecular formula is C20H22N2O4. The van der Waals surface area contributed by atoms with E-state index in [4.69, 9.17) is 14.2 Å². The Morgan fingerprint density at radius 1 is 0.962 bits per heavy atom. The first-order valence-electron chi connectivity index (χ1n) is 8.27. The van der Waals surface area contributed by atoms with Gasteiger partial charge in [0.05, 0.1) is 38.3 Å². The molecule has 0 saturated heterocycles. The van der Waals surface area contributed by atoms with Crippen LogP contribution in [0.2, 0.25) is 0 Å². The molecule has 0 aliphatic heterocycles. The van der Waals surface area contributed by atoms with Crippen LogP contribution >= 0.6 is 0 Å². The highest BCUT2D eigenvalue weighted by Crippen LogP contribution is 2.30. The maximum Gasteiger partial charge on any atom is 0.261 e. The van der Waals surface area contributed by atoms with Crippen molar-refractivity contribution >= 4 is 10.9 Å². The van der Waals surface area contributed by atoms with Gasteiger partial charge in [-0.2, -0.15) is 0 Å². The van der Waals surface area contributed by atoms with Crippen molar-refractivity contribution in [3.05, 3.63) is 63.7 Å². The number of nitrogens with zero attached hydrogens (tertiary/aromatic N) is 2. The quantitative estimate of drug-likeness (QED) is 0.681. The van der Waals surface area contributed by atoms with E-state index in [1.54, 1.807) is 38.0 Å². The summed E-state index contributed by atoms with van der Waals surface area (Å²) in [6.45, 7) is 2.85. The molecule has 0 radical (unpaired) electrons. The number of ether oxygens (including phenoxy) is 3. The number of hydrogen-bond donors (Lipinski definition) is 0. The van der Waals surface area contributed by atoms with Crippen molar-refractivity contribution in [3.8, 4) is 11.5 Å². The minimum atomic E-state index is -0.102. The van der Waals surface area contributed by atoms with E-state index in [1.165, 1.54) is 0 Å². The van der Waals surface area contributed by atoms with Gasteiger partial charge < -0.3 is 14.2 Å². The van der Waals surface area contributed by atoms with Crippen LogP contribution in [-0.2, 0) is 17.9 Å². The summed E-state index contributed by atoms with van der Waals surface area (Å²) in [7, 11) is 4.78. The number of benzene rings is 2. The predicted octanol–water partition coefficient (Wildman–Crippen LogP) is 2.92. The van der Waals surface area contributed by atoms with Crippen molar-refractivity contribution in [1.82, 2.24) is 9.55 Å². The number of hydrogen-bond acceptors (Lipinski definition) is 5. The molecule has 0 N–H and O–H groups in total. The highest BCUT2D eigenvalue weighted by Gasteiger charge is 2.13. The topological polar surface area (TPSA) is 62.6 Å². The highest BCUT2D eigenvalue weighted by atomic mass is 16.5. The van der Waals surface area contributed by atoms with E-state index in [0.717, 1.165) is 11.1 Å². The highest BCUT2D eigenvalue weighted by molar-refractivity contribution is 5.82. The van der Waals surface area contributed by atoms with Gasteiger partial charge in [-0.05, 0) is 24.1 Å². The standard InChI is InChI=1S/C20H22N2O4/c1-13-21-17-10-19(26-4)18(25-3)9-16(17)20(23)22(13)11-14-5-7-15(8-6-14)12-24-2/h5-10H,11-12H2,1-4H3. The summed E-state index contributed by atoms with van der Waals surface area (Å²) in [6.07, 6.45) is 0. The third kappa shape index (κ3) is 3.41. The number of aromatic nitrogens is 2. The number of fused-ring (bicyclic) bond motifs is 1. The van der Waals surface area contributed by atoms with Crippen molar-refractivity contribution in [2.75, 3.05) is 21.3 Å². The molecule has 0 unspecified atom stereocenters. The van der Waals surface area contributed by atoms with Crippen LogP contribution < -0.4 is 15.0 Å². The monoisotopic (exact) mass is 354 g/mol. The summed E-state index contributed by atoms with van der Waals surface area (Å²) in [4.78, 5) is 17.6. The van der Waals surface area contributed by atoms with Crippen LogP contribution in [0.25, 0.3) is 10.9 Å². The Bertz CT molecular complexity index is 978. The molecular weight excluding hydrogens is 332 g/mol.